The van der Waals surface area contributed by atoms with Gasteiger partial charge in [0.05, 0.1) is 5.39 Å². The van der Waals surface area contributed by atoms with Crippen molar-refractivity contribution in [2.24, 2.45) is 0 Å². The second-order valence-electron chi connectivity index (χ2n) is 6.69. The van der Waals surface area contributed by atoms with Gasteiger partial charge in [-0.3, -0.25) is 4.79 Å². The molecule has 7 heteroatoms. The lowest BCUT2D eigenvalue weighted by Gasteiger charge is -2.22. The number of ether oxygens (including phenoxy) is 1. The van der Waals surface area contributed by atoms with Crippen LogP contribution in [0.25, 0.3) is 11.0 Å². The highest BCUT2D eigenvalue weighted by Gasteiger charge is 2.27. The average molecular weight is 341 g/mol. The van der Waals surface area contributed by atoms with Crippen LogP contribution in [0.1, 0.15) is 30.7 Å². The van der Waals surface area contributed by atoms with E-state index in [0.717, 1.165) is 55.9 Å². The molecule has 0 aromatic carbocycles. The first-order chi connectivity index (χ1) is 12.3. The SMILES string of the molecule is C=CC(=O)N1CCC(Nc2ncnc3[nH]cc(C4CCOCC4)c23)C1. The third kappa shape index (κ3) is 3.11. The number of hydrogen-bond acceptors (Lipinski definition) is 5. The molecule has 0 saturated carbocycles. The van der Waals surface area contributed by atoms with E-state index in [1.54, 1.807) is 6.33 Å². The van der Waals surface area contributed by atoms with E-state index < -0.39 is 0 Å². The Balaban J connectivity index is 1.58. The number of H-pyrrole nitrogens is 1. The second kappa shape index (κ2) is 6.84. The average Bonchev–Trinajstić information content (AvgIpc) is 3.29. The van der Waals surface area contributed by atoms with Gasteiger partial charge in [-0.05, 0) is 36.8 Å². The van der Waals surface area contributed by atoms with E-state index in [9.17, 15) is 4.79 Å². The van der Waals surface area contributed by atoms with Crippen molar-refractivity contribution >= 4 is 22.8 Å². The highest BCUT2D eigenvalue weighted by molar-refractivity contribution is 5.91. The van der Waals surface area contributed by atoms with Crippen LogP contribution in [0.5, 0.6) is 0 Å². The zero-order valence-electron chi connectivity index (χ0n) is 14.2. The fourth-order valence-electron chi connectivity index (χ4n) is 3.83. The molecule has 2 N–H and O–H groups in total. The first-order valence-electron chi connectivity index (χ1n) is 8.84. The van der Waals surface area contributed by atoms with E-state index in [1.165, 1.54) is 11.6 Å². The minimum atomic E-state index is -0.0123. The Labute approximate surface area is 146 Å². The summed E-state index contributed by atoms with van der Waals surface area (Å²) in [6, 6.07) is 0.194. The highest BCUT2D eigenvalue weighted by Crippen LogP contribution is 2.35. The molecule has 0 bridgehead atoms. The molecule has 1 unspecified atom stereocenters. The van der Waals surface area contributed by atoms with Crippen molar-refractivity contribution in [3.63, 3.8) is 0 Å². The number of carbonyl (C=O) groups is 1. The quantitative estimate of drug-likeness (QED) is 0.832. The van der Waals surface area contributed by atoms with Crippen LogP contribution in [0, 0.1) is 0 Å². The van der Waals surface area contributed by atoms with Gasteiger partial charge < -0.3 is 19.9 Å². The lowest BCUT2D eigenvalue weighted by Crippen LogP contribution is -2.30. The van der Waals surface area contributed by atoms with Gasteiger partial charge >= 0.3 is 0 Å². The lowest BCUT2D eigenvalue weighted by atomic mass is 9.92. The van der Waals surface area contributed by atoms with E-state index in [0.29, 0.717) is 12.5 Å². The van der Waals surface area contributed by atoms with Crippen LogP contribution in [-0.4, -0.2) is 58.1 Å². The number of aromatic nitrogens is 3. The number of rotatable bonds is 4. The maximum Gasteiger partial charge on any atom is 0.246 e. The van der Waals surface area contributed by atoms with Crippen molar-refractivity contribution in [3.8, 4) is 0 Å². The third-order valence-electron chi connectivity index (χ3n) is 5.18. The molecule has 1 amide bonds. The Kier molecular flexibility index (Phi) is 4.40. The van der Waals surface area contributed by atoms with E-state index in [4.69, 9.17) is 4.74 Å². The molecule has 7 nitrogen and oxygen atoms in total. The predicted molar refractivity (Wildman–Crippen MR) is 95.5 cm³/mol. The molecule has 1 atom stereocenters. The van der Waals surface area contributed by atoms with Crippen LogP contribution >= 0.6 is 0 Å². The number of fused-ring (bicyclic) bond motifs is 1. The summed E-state index contributed by atoms with van der Waals surface area (Å²) in [6.07, 6.45) is 7.96. The topological polar surface area (TPSA) is 83.1 Å². The van der Waals surface area contributed by atoms with Gasteiger partial charge in [0, 0.05) is 38.5 Å². The van der Waals surface area contributed by atoms with E-state index >= 15 is 0 Å². The summed E-state index contributed by atoms with van der Waals surface area (Å²) < 4.78 is 5.49. The first kappa shape index (κ1) is 16.1. The van der Waals surface area contributed by atoms with Gasteiger partial charge in [-0.15, -0.1) is 0 Å². The van der Waals surface area contributed by atoms with Crippen LogP contribution in [0.3, 0.4) is 0 Å². The molecule has 2 aliphatic heterocycles. The number of nitrogens with one attached hydrogen (secondary N) is 2. The molecule has 4 heterocycles. The zero-order chi connectivity index (χ0) is 17.2. The second-order valence-corrected chi connectivity index (χ2v) is 6.69. The molecular weight excluding hydrogens is 318 g/mol. The summed E-state index contributed by atoms with van der Waals surface area (Å²) in [4.78, 5) is 25.7. The number of nitrogens with zero attached hydrogens (tertiary/aromatic N) is 3. The normalized spacial score (nSPS) is 21.6. The molecular formula is C18H23N5O2. The highest BCUT2D eigenvalue weighted by atomic mass is 16.5. The molecule has 25 heavy (non-hydrogen) atoms. The molecule has 0 radical (unpaired) electrons. The van der Waals surface area contributed by atoms with E-state index in [-0.39, 0.29) is 11.9 Å². The molecule has 2 aromatic rings. The molecule has 0 spiro atoms. The van der Waals surface area contributed by atoms with Gasteiger partial charge in [-0.25, -0.2) is 9.97 Å². The Bertz CT molecular complexity index is 781. The van der Waals surface area contributed by atoms with Gasteiger partial charge in [0.1, 0.15) is 17.8 Å². The number of amides is 1. The van der Waals surface area contributed by atoms with Crippen molar-refractivity contribution in [2.75, 3.05) is 31.6 Å². The van der Waals surface area contributed by atoms with Crippen molar-refractivity contribution in [3.05, 3.63) is 30.7 Å². The summed E-state index contributed by atoms with van der Waals surface area (Å²) in [5.41, 5.74) is 2.12. The summed E-state index contributed by atoms with van der Waals surface area (Å²) >= 11 is 0. The van der Waals surface area contributed by atoms with Gasteiger partial charge in [0.2, 0.25) is 5.91 Å². The first-order valence-corrected chi connectivity index (χ1v) is 8.84. The fourth-order valence-corrected chi connectivity index (χ4v) is 3.83. The zero-order valence-corrected chi connectivity index (χ0v) is 14.2. The minimum Gasteiger partial charge on any atom is -0.381 e. The number of likely N-dealkylation sites (tertiary alicyclic amines) is 1. The Hall–Kier alpha value is -2.41. The van der Waals surface area contributed by atoms with Crippen LogP contribution < -0.4 is 5.32 Å². The number of carbonyl (C=O) groups excluding carboxylic acids is 1. The van der Waals surface area contributed by atoms with Crippen LogP contribution in [0.15, 0.2) is 25.2 Å². The Morgan fingerprint density at radius 2 is 2.20 bits per heavy atom. The molecule has 4 rings (SSSR count). The maximum atomic E-state index is 11.8. The summed E-state index contributed by atoms with van der Waals surface area (Å²) in [5.74, 6) is 1.31. The number of aromatic amines is 1. The molecule has 2 fully saturated rings. The van der Waals surface area contributed by atoms with Gasteiger partial charge in [-0.1, -0.05) is 6.58 Å². The van der Waals surface area contributed by atoms with Crippen molar-refractivity contribution in [1.29, 1.82) is 0 Å². The summed E-state index contributed by atoms with van der Waals surface area (Å²) in [7, 11) is 0. The number of anilines is 1. The molecule has 132 valence electrons. The third-order valence-corrected chi connectivity index (χ3v) is 5.18. The minimum absolute atomic E-state index is 0.0123. The lowest BCUT2D eigenvalue weighted by molar-refractivity contribution is -0.125. The van der Waals surface area contributed by atoms with Gasteiger partial charge in [0.25, 0.3) is 0 Å². The Morgan fingerprint density at radius 1 is 1.36 bits per heavy atom. The van der Waals surface area contributed by atoms with E-state index in [1.807, 2.05) is 4.90 Å². The molecule has 2 aliphatic rings. The molecule has 2 saturated heterocycles. The van der Waals surface area contributed by atoms with Crippen LogP contribution in [0.4, 0.5) is 5.82 Å². The Morgan fingerprint density at radius 3 is 3.00 bits per heavy atom. The predicted octanol–water partition coefficient (Wildman–Crippen LogP) is 2.05. The van der Waals surface area contributed by atoms with Crippen molar-refractivity contribution in [2.45, 2.75) is 31.2 Å². The van der Waals surface area contributed by atoms with Gasteiger partial charge in [-0.2, -0.15) is 0 Å². The monoisotopic (exact) mass is 341 g/mol. The van der Waals surface area contributed by atoms with Crippen molar-refractivity contribution in [1.82, 2.24) is 19.9 Å². The smallest absolute Gasteiger partial charge is 0.246 e. The number of hydrogen-bond donors (Lipinski definition) is 2. The van der Waals surface area contributed by atoms with Crippen LogP contribution in [0.2, 0.25) is 0 Å². The molecule has 0 aliphatic carbocycles. The van der Waals surface area contributed by atoms with Crippen LogP contribution in [-0.2, 0) is 9.53 Å². The van der Waals surface area contributed by atoms with E-state index in [2.05, 4.69) is 33.0 Å². The van der Waals surface area contributed by atoms with Crippen molar-refractivity contribution < 1.29 is 9.53 Å². The summed E-state index contributed by atoms with van der Waals surface area (Å²) in [5, 5.41) is 4.60. The molecule has 2 aromatic heterocycles. The standard InChI is InChI=1S/C18H23N5O2/c1-2-15(24)23-6-3-13(10-23)22-18-16-14(12-4-7-25-8-5-12)9-19-17(16)20-11-21-18/h2,9,11-13H,1,3-8,10H2,(H2,19,20,21,22). The maximum absolute atomic E-state index is 11.8. The fraction of sp³-hybridized carbons (Fsp3) is 0.500. The largest absolute Gasteiger partial charge is 0.381 e. The summed E-state index contributed by atoms with van der Waals surface area (Å²) in [6.45, 7) is 6.59. The van der Waals surface area contributed by atoms with Gasteiger partial charge in [0.15, 0.2) is 0 Å².